The van der Waals surface area contributed by atoms with E-state index in [-0.39, 0.29) is 0 Å². The summed E-state index contributed by atoms with van der Waals surface area (Å²) in [6.45, 7) is 4.30. The van der Waals surface area contributed by atoms with Gasteiger partial charge in [-0.2, -0.15) is 0 Å². The highest BCUT2D eigenvalue weighted by atomic mass is 16.5. The molecule has 13 heavy (non-hydrogen) atoms. The summed E-state index contributed by atoms with van der Waals surface area (Å²) in [6, 6.07) is 0. The standard InChI is InChI=1S/C10H21NO2/c1-10(12,8-11-2)7-9-3-5-13-6-4-9/h9,11-12H,3-8H2,1-2H3. The van der Waals surface area contributed by atoms with Crippen LogP contribution in [0.3, 0.4) is 0 Å². The van der Waals surface area contributed by atoms with Gasteiger partial charge in [0.05, 0.1) is 5.60 Å². The van der Waals surface area contributed by atoms with Gasteiger partial charge in [-0.05, 0) is 39.2 Å². The third kappa shape index (κ3) is 4.07. The fourth-order valence-corrected chi connectivity index (χ4v) is 2.03. The van der Waals surface area contributed by atoms with Gasteiger partial charge in [0.15, 0.2) is 0 Å². The largest absolute Gasteiger partial charge is 0.389 e. The molecule has 78 valence electrons. The van der Waals surface area contributed by atoms with Crippen molar-refractivity contribution in [2.45, 2.75) is 31.8 Å². The molecule has 0 spiro atoms. The van der Waals surface area contributed by atoms with Crippen LogP contribution in [0.1, 0.15) is 26.2 Å². The van der Waals surface area contributed by atoms with Crippen LogP contribution in [0.4, 0.5) is 0 Å². The maximum Gasteiger partial charge on any atom is 0.0746 e. The molecule has 1 aliphatic heterocycles. The summed E-state index contributed by atoms with van der Waals surface area (Å²) in [4.78, 5) is 0. The van der Waals surface area contributed by atoms with E-state index in [1.54, 1.807) is 0 Å². The van der Waals surface area contributed by atoms with E-state index in [4.69, 9.17) is 4.74 Å². The second-order valence-corrected chi connectivity index (χ2v) is 4.29. The first-order valence-electron chi connectivity index (χ1n) is 5.09. The predicted octanol–water partition coefficient (Wildman–Crippen LogP) is 0.773. The molecule has 0 saturated carbocycles. The summed E-state index contributed by atoms with van der Waals surface area (Å²) in [7, 11) is 1.87. The van der Waals surface area contributed by atoms with Gasteiger partial charge in [-0.1, -0.05) is 0 Å². The van der Waals surface area contributed by atoms with Gasteiger partial charge in [-0.3, -0.25) is 0 Å². The molecule has 1 rings (SSSR count). The Morgan fingerprint density at radius 1 is 1.46 bits per heavy atom. The maximum atomic E-state index is 9.96. The molecule has 1 fully saturated rings. The Hall–Kier alpha value is -0.120. The molecule has 0 aromatic heterocycles. The minimum absolute atomic E-state index is 0.559. The van der Waals surface area contributed by atoms with E-state index in [0.29, 0.717) is 12.5 Å². The van der Waals surface area contributed by atoms with E-state index in [1.165, 1.54) is 0 Å². The van der Waals surface area contributed by atoms with Gasteiger partial charge >= 0.3 is 0 Å². The van der Waals surface area contributed by atoms with Crippen LogP contribution in [0.2, 0.25) is 0 Å². The molecule has 0 aromatic carbocycles. The molecule has 0 radical (unpaired) electrons. The van der Waals surface area contributed by atoms with Gasteiger partial charge < -0.3 is 15.2 Å². The molecule has 1 unspecified atom stereocenters. The van der Waals surface area contributed by atoms with Crippen LogP contribution in [0.5, 0.6) is 0 Å². The number of nitrogens with one attached hydrogen (secondary N) is 1. The quantitative estimate of drug-likeness (QED) is 0.683. The number of aliphatic hydroxyl groups is 1. The molecular weight excluding hydrogens is 166 g/mol. The van der Waals surface area contributed by atoms with E-state index in [2.05, 4.69) is 5.32 Å². The van der Waals surface area contributed by atoms with Crippen molar-refractivity contribution in [1.82, 2.24) is 5.32 Å². The summed E-state index contributed by atoms with van der Waals surface area (Å²) in [5.74, 6) is 0.636. The second kappa shape index (κ2) is 4.94. The molecule has 1 saturated heterocycles. The number of hydrogen-bond acceptors (Lipinski definition) is 3. The summed E-state index contributed by atoms with van der Waals surface area (Å²) < 4.78 is 5.28. The van der Waals surface area contributed by atoms with Crippen LogP contribution in [-0.2, 0) is 4.74 Å². The van der Waals surface area contributed by atoms with Gasteiger partial charge in [0.2, 0.25) is 0 Å². The van der Waals surface area contributed by atoms with E-state index in [1.807, 2.05) is 14.0 Å². The molecule has 0 aromatic rings. The molecule has 1 aliphatic rings. The van der Waals surface area contributed by atoms with Crippen LogP contribution in [-0.4, -0.2) is 37.5 Å². The number of ether oxygens (including phenoxy) is 1. The monoisotopic (exact) mass is 187 g/mol. The third-order valence-corrected chi connectivity index (χ3v) is 2.63. The summed E-state index contributed by atoms with van der Waals surface area (Å²) in [6.07, 6.45) is 3.08. The lowest BCUT2D eigenvalue weighted by atomic mass is 9.87. The van der Waals surface area contributed by atoms with Crippen LogP contribution in [0.15, 0.2) is 0 Å². The van der Waals surface area contributed by atoms with E-state index in [9.17, 15) is 5.11 Å². The average molecular weight is 187 g/mol. The van der Waals surface area contributed by atoms with Crippen molar-refractivity contribution in [1.29, 1.82) is 0 Å². The topological polar surface area (TPSA) is 41.5 Å². The maximum absolute atomic E-state index is 9.96. The highest BCUT2D eigenvalue weighted by Gasteiger charge is 2.25. The Labute approximate surface area is 80.5 Å². The summed E-state index contributed by atoms with van der Waals surface area (Å²) in [5, 5.41) is 13.0. The Morgan fingerprint density at radius 2 is 2.08 bits per heavy atom. The molecule has 3 heteroatoms. The fourth-order valence-electron chi connectivity index (χ4n) is 2.03. The van der Waals surface area contributed by atoms with Crippen LogP contribution < -0.4 is 5.32 Å². The molecule has 1 heterocycles. The molecule has 1 atom stereocenters. The third-order valence-electron chi connectivity index (χ3n) is 2.63. The smallest absolute Gasteiger partial charge is 0.0746 e. The van der Waals surface area contributed by atoms with E-state index in [0.717, 1.165) is 32.5 Å². The first-order chi connectivity index (χ1) is 6.14. The van der Waals surface area contributed by atoms with Crippen molar-refractivity contribution >= 4 is 0 Å². The Bertz CT molecular complexity index is 142. The molecule has 2 N–H and O–H groups in total. The van der Waals surface area contributed by atoms with Crippen molar-refractivity contribution in [2.24, 2.45) is 5.92 Å². The molecule has 0 amide bonds. The van der Waals surface area contributed by atoms with Crippen molar-refractivity contribution in [3.8, 4) is 0 Å². The van der Waals surface area contributed by atoms with Gasteiger partial charge in [0.1, 0.15) is 0 Å². The molecule has 0 aliphatic carbocycles. The van der Waals surface area contributed by atoms with Crippen molar-refractivity contribution in [3.63, 3.8) is 0 Å². The lowest BCUT2D eigenvalue weighted by Gasteiger charge is -2.30. The highest BCUT2D eigenvalue weighted by molar-refractivity contribution is 4.79. The normalized spacial score (nSPS) is 24.2. The first-order valence-corrected chi connectivity index (χ1v) is 5.09. The molecular formula is C10H21NO2. The zero-order chi connectivity index (χ0) is 9.73. The minimum atomic E-state index is -0.559. The Kier molecular flexibility index (Phi) is 4.16. The Balaban J connectivity index is 2.28. The summed E-state index contributed by atoms with van der Waals surface area (Å²) in [5.41, 5.74) is -0.559. The van der Waals surface area contributed by atoms with Crippen LogP contribution >= 0.6 is 0 Å². The first kappa shape index (κ1) is 11.0. The summed E-state index contributed by atoms with van der Waals surface area (Å²) >= 11 is 0. The predicted molar refractivity (Wildman–Crippen MR) is 52.7 cm³/mol. The van der Waals surface area contributed by atoms with E-state index >= 15 is 0 Å². The van der Waals surface area contributed by atoms with Crippen molar-refractivity contribution < 1.29 is 9.84 Å². The van der Waals surface area contributed by atoms with Crippen LogP contribution in [0, 0.1) is 5.92 Å². The SMILES string of the molecule is CNCC(C)(O)CC1CCOCC1. The average Bonchev–Trinajstić information content (AvgIpc) is 2.04. The number of rotatable bonds is 4. The van der Waals surface area contributed by atoms with Gasteiger partial charge in [-0.25, -0.2) is 0 Å². The van der Waals surface area contributed by atoms with Gasteiger partial charge in [-0.15, -0.1) is 0 Å². The minimum Gasteiger partial charge on any atom is -0.389 e. The fraction of sp³-hybridized carbons (Fsp3) is 1.00. The molecule has 3 nitrogen and oxygen atoms in total. The Morgan fingerprint density at radius 3 is 2.62 bits per heavy atom. The van der Waals surface area contributed by atoms with Gasteiger partial charge in [0, 0.05) is 19.8 Å². The number of hydrogen-bond donors (Lipinski definition) is 2. The van der Waals surface area contributed by atoms with E-state index < -0.39 is 5.60 Å². The molecule has 0 bridgehead atoms. The zero-order valence-electron chi connectivity index (χ0n) is 8.68. The number of likely N-dealkylation sites (N-methyl/N-ethyl adjacent to an activating group) is 1. The van der Waals surface area contributed by atoms with Crippen LogP contribution in [0.25, 0.3) is 0 Å². The highest BCUT2D eigenvalue weighted by Crippen LogP contribution is 2.24. The second-order valence-electron chi connectivity index (χ2n) is 4.29. The zero-order valence-corrected chi connectivity index (χ0v) is 8.68. The van der Waals surface area contributed by atoms with Crippen molar-refractivity contribution in [2.75, 3.05) is 26.8 Å². The lowest BCUT2D eigenvalue weighted by Crippen LogP contribution is -2.39. The lowest BCUT2D eigenvalue weighted by molar-refractivity contribution is 0.00170. The van der Waals surface area contributed by atoms with Crippen molar-refractivity contribution in [3.05, 3.63) is 0 Å². The van der Waals surface area contributed by atoms with Gasteiger partial charge in [0.25, 0.3) is 0 Å².